The van der Waals surface area contributed by atoms with Gasteiger partial charge < -0.3 is 10.6 Å². The summed E-state index contributed by atoms with van der Waals surface area (Å²) in [6.07, 6.45) is 9.79. The number of amides is 2. The number of hydrogen-bond acceptors (Lipinski definition) is 2. The van der Waals surface area contributed by atoms with Crippen molar-refractivity contribution in [2.75, 3.05) is 0 Å². The monoisotopic (exact) mass is 338 g/mol. The van der Waals surface area contributed by atoms with Crippen molar-refractivity contribution >= 4 is 11.8 Å². The minimum Gasteiger partial charge on any atom is -0.353 e. The molecule has 1 aliphatic heterocycles. The molecule has 4 heteroatoms. The molecule has 0 spiro atoms. The molecule has 0 radical (unpaired) electrons. The van der Waals surface area contributed by atoms with Gasteiger partial charge in [0.2, 0.25) is 11.8 Å². The van der Waals surface area contributed by atoms with Gasteiger partial charge >= 0.3 is 0 Å². The highest BCUT2D eigenvalue weighted by Crippen LogP contribution is 2.20. The van der Waals surface area contributed by atoms with Crippen LogP contribution in [0.1, 0.15) is 91.9 Å². The van der Waals surface area contributed by atoms with Gasteiger partial charge in [-0.25, -0.2) is 0 Å². The molecule has 1 aliphatic rings. The van der Waals surface area contributed by atoms with E-state index in [1.807, 2.05) is 0 Å². The van der Waals surface area contributed by atoms with Gasteiger partial charge in [0.05, 0.1) is 0 Å². The zero-order valence-electron chi connectivity index (χ0n) is 16.2. The van der Waals surface area contributed by atoms with E-state index in [0.717, 1.165) is 12.8 Å². The zero-order valence-corrected chi connectivity index (χ0v) is 16.2. The highest BCUT2D eigenvalue weighted by molar-refractivity contribution is 5.83. The van der Waals surface area contributed by atoms with E-state index in [9.17, 15) is 9.59 Å². The van der Waals surface area contributed by atoms with Crippen LogP contribution >= 0.6 is 0 Å². The van der Waals surface area contributed by atoms with E-state index in [4.69, 9.17) is 0 Å². The predicted molar refractivity (Wildman–Crippen MR) is 99.7 cm³/mol. The Morgan fingerprint density at radius 1 is 0.833 bits per heavy atom. The van der Waals surface area contributed by atoms with Crippen molar-refractivity contribution in [3.8, 4) is 0 Å². The third-order valence-corrected chi connectivity index (χ3v) is 5.07. The van der Waals surface area contributed by atoms with E-state index in [2.05, 4.69) is 38.3 Å². The summed E-state index contributed by atoms with van der Waals surface area (Å²) in [4.78, 5) is 24.6. The van der Waals surface area contributed by atoms with Crippen LogP contribution in [-0.2, 0) is 9.59 Å². The smallest absolute Gasteiger partial charge is 0.222 e. The van der Waals surface area contributed by atoms with Gasteiger partial charge in [-0.05, 0) is 24.7 Å². The van der Waals surface area contributed by atoms with Crippen molar-refractivity contribution in [2.24, 2.45) is 11.8 Å². The van der Waals surface area contributed by atoms with E-state index < -0.39 is 0 Å². The van der Waals surface area contributed by atoms with Crippen molar-refractivity contribution in [1.82, 2.24) is 10.6 Å². The molecular weight excluding hydrogens is 300 g/mol. The summed E-state index contributed by atoms with van der Waals surface area (Å²) in [6, 6.07) is -0.0226. The second-order valence-corrected chi connectivity index (χ2v) is 7.90. The highest BCUT2D eigenvalue weighted by Gasteiger charge is 2.26. The first-order valence-corrected chi connectivity index (χ1v) is 10.0. The summed E-state index contributed by atoms with van der Waals surface area (Å²) < 4.78 is 0. The fourth-order valence-electron chi connectivity index (χ4n) is 3.72. The molecule has 4 nitrogen and oxygen atoms in total. The maximum absolute atomic E-state index is 12.3. The Balaban J connectivity index is 2.49. The summed E-state index contributed by atoms with van der Waals surface area (Å²) in [6.45, 7) is 8.83. The van der Waals surface area contributed by atoms with Gasteiger partial charge in [-0.15, -0.1) is 0 Å². The number of hydrogen-bond donors (Lipinski definition) is 2. The molecule has 1 heterocycles. The predicted octanol–water partition coefficient (Wildman–Crippen LogP) is 4.18. The van der Waals surface area contributed by atoms with Crippen LogP contribution in [0.25, 0.3) is 0 Å². The third-order valence-electron chi connectivity index (χ3n) is 5.07. The Labute approximate surface area is 148 Å². The quantitative estimate of drug-likeness (QED) is 0.628. The summed E-state index contributed by atoms with van der Waals surface area (Å²) >= 11 is 0. The summed E-state index contributed by atoms with van der Waals surface area (Å²) in [7, 11) is 0. The van der Waals surface area contributed by atoms with Crippen LogP contribution in [0.3, 0.4) is 0 Å². The van der Waals surface area contributed by atoms with Gasteiger partial charge in [0.25, 0.3) is 0 Å². The Morgan fingerprint density at radius 3 is 1.54 bits per heavy atom. The van der Waals surface area contributed by atoms with E-state index in [0.29, 0.717) is 24.7 Å². The number of rotatable bonds is 10. The zero-order chi connectivity index (χ0) is 17.9. The fourth-order valence-corrected chi connectivity index (χ4v) is 3.72. The minimum absolute atomic E-state index is 0.0113. The highest BCUT2D eigenvalue weighted by atomic mass is 16.2. The van der Waals surface area contributed by atoms with Gasteiger partial charge in [0.15, 0.2) is 0 Å². The van der Waals surface area contributed by atoms with Crippen molar-refractivity contribution < 1.29 is 9.59 Å². The molecule has 0 bridgehead atoms. The molecule has 0 aliphatic carbocycles. The molecule has 1 rings (SSSR count). The van der Waals surface area contributed by atoms with E-state index in [1.165, 1.54) is 38.5 Å². The van der Waals surface area contributed by atoms with Crippen LogP contribution in [0.4, 0.5) is 0 Å². The first-order valence-electron chi connectivity index (χ1n) is 10.0. The molecule has 4 atom stereocenters. The molecule has 1 fully saturated rings. The summed E-state index contributed by atoms with van der Waals surface area (Å²) in [5, 5.41) is 6.21. The van der Waals surface area contributed by atoms with Crippen molar-refractivity contribution in [3.63, 3.8) is 0 Å². The Kier molecular flexibility index (Phi) is 10.0. The third kappa shape index (κ3) is 8.70. The summed E-state index contributed by atoms with van der Waals surface area (Å²) in [5.74, 6) is 1.28. The molecule has 2 amide bonds. The lowest BCUT2D eigenvalue weighted by Gasteiger charge is -2.29. The minimum atomic E-state index is -0.0113. The molecule has 4 unspecified atom stereocenters. The number of carbonyl (C=O) groups is 2. The first-order chi connectivity index (χ1) is 11.4. The van der Waals surface area contributed by atoms with Crippen LogP contribution in [0.5, 0.6) is 0 Å². The molecule has 2 N–H and O–H groups in total. The van der Waals surface area contributed by atoms with Gasteiger partial charge in [0.1, 0.15) is 0 Å². The SMILES string of the molecule is CCCCC(C)CC1CC(=O)NC(CC(C)CCCC)CC(=O)N1. The van der Waals surface area contributed by atoms with Crippen LogP contribution < -0.4 is 10.6 Å². The standard InChI is InChI=1S/C20H38N2O2/c1-5-7-9-15(3)11-17-13-19(23)22-18(14-20(24)21-17)12-16(4)10-8-6-2/h15-18H,5-14H2,1-4H3,(H,21,24)(H,22,23). The van der Waals surface area contributed by atoms with Crippen LogP contribution in [0.2, 0.25) is 0 Å². The lowest BCUT2D eigenvalue weighted by Crippen LogP contribution is -2.49. The maximum atomic E-state index is 12.3. The van der Waals surface area contributed by atoms with E-state index in [1.54, 1.807) is 0 Å². The maximum Gasteiger partial charge on any atom is 0.222 e. The molecule has 24 heavy (non-hydrogen) atoms. The van der Waals surface area contributed by atoms with Gasteiger partial charge in [-0.2, -0.15) is 0 Å². The van der Waals surface area contributed by atoms with Crippen molar-refractivity contribution in [1.29, 1.82) is 0 Å². The van der Waals surface area contributed by atoms with Crippen molar-refractivity contribution in [3.05, 3.63) is 0 Å². The number of carbonyl (C=O) groups excluding carboxylic acids is 2. The second-order valence-electron chi connectivity index (χ2n) is 7.90. The Morgan fingerprint density at radius 2 is 1.21 bits per heavy atom. The molecular formula is C20H38N2O2. The fraction of sp³-hybridized carbons (Fsp3) is 0.900. The van der Waals surface area contributed by atoms with E-state index in [-0.39, 0.29) is 23.9 Å². The molecule has 0 aromatic rings. The van der Waals surface area contributed by atoms with Crippen LogP contribution in [0, 0.1) is 11.8 Å². The average Bonchev–Trinajstić information content (AvgIpc) is 2.49. The number of nitrogens with one attached hydrogen (secondary N) is 2. The molecule has 1 saturated heterocycles. The van der Waals surface area contributed by atoms with Gasteiger partial charge in [0, 0.05) is 24.9 Å². The second kappa shape index (κ2) is 11.5. The van der Waals surface area contributed by atoms with Gasteiger partial charge in [-0.3, -0.25) is 9.59 Å². The van der Waals surface area contributed by atoms with Gasteiger partial charge in [-0.1, -0.05) is 66.2 Å². The van der Waals surface area contributed by atoms with Crippen LogP contribution in [0.15, 0.2) is 0 Å². The van der Waals surface area contributed by atoms with Crippen molar-refractivity contribution in [2.45, 2.75) is 104 Å². The lowest BCUT2D eigenvalue weighted by atomic mass is 9.91. The average molecular weight is 339 g/mol. The lowest BCUT2D eigenvalue weighted by molar-refractivity contribution is -0.127. The first kappa shape index (κ1) is 21.0. The summed E-state index contributed by atoms with van der Waals surface area (Å²) in [5.41, 5.74) is 0. The molecule has 0 aromatic carbocycles. The van der Waals surface area contributed by atoms with E-state index >= 15 is 0 Å². The topological polar surface area (TPSA) is 58.2 Å². The van der Waals surface area contributed by atoms with Crippen LogP contribution in [-0.4, -0.2) is 23.9 Å². The Bertz CT molecular complexity index is 332. The molecule has 140 valence electrons. The largest absolute Gasteiger partial charge is 0.353 e. The Hall–Kier alpha value is -1.06. The molecule has 0 saturated carbocycles. The molecule has 0 aromatic heterocycles. The normalized spacial score (nSPS) is 24.5. The number of unbranched alkanes of at least 4 members (excludes halogenated alkanes) is 2.